The van der Waals surface area contributed by atoms with Crippen LogP contribution in [-0.2, 0) is 0 Å². The van der Waals surface area contributed by atoms with Crippen molar-refractivity contribution in [2.45, 2.75) is 32.6 Å². The van der Waals surface area contributed by atoms with Crippen molar-refractivity contribution in [2.75, 3.05) is 13.6 Å². The molecule has 1 rings (SSSR count). The Kier molecular flexibility index (Phi) is 6.35. The fraction of sp³-hybridized carbons (Fsp3) is 0.636. The van der Waals surface area contributed by atoms with Crippen molar-refractivity contribution < 1.29 is 21.5 Å². The summed E-state index contributed by atoms with van der Waals surface area (Å²) in [6.45, 7) is 3.51. The van der Waals surface area contributed by atoms with Gasteiger partial charge in [-0.1, -0.05) is 19.8 Å². The van der Waals surface area contributed by atoms with Crippen LogP contribution in [0.15, 0.2) is 24.6 Å². The van der Waals surface area contributed by atoms with Crippen molar-refractivity contribution in [3.63, 3.8) is 0 Å². The molecule has 1 aliphatic rings. The molecular weight excluding hydrogens is 226 g/mol. The third-order valence-corrected chi connectivity index (χ3v) is 2.46. The summed E-state index contributed by atoms with van der Waals surface area (Å²) in [5.41, 5.74) is 0. The van der Waals surface area contributed by atoms with E-state index in [1.54, 1.807) is 0 Å². The second-order valence-electron chi connectivity index (χ2n) is 3.81. The molecule has 76 valence electrons. The number of allylic oxidation sites excluding steroid dienone is 2. The standard InChI is InChI=1S/C11H20N.BrH/c1-3-4-5-6-9-12(2)10-7-8-11-12;/h7-8,10-11H,3-6,9H2,1-2H3;1H/q+1;/p-1. The Bertz CT molecular complexity index is 173. The SMILES string of the molecule is CCCCCC[N+]1(C)C=CC=C1.[Br-]. The van der Waals surface area contributed by atoms with Crippen LogP contribution >= 0.6 is 0 Å². The molecule has 0 aromatic carbocycles. The average Bonchev–Trinajstić information content (AvgIpc) is 2.47. The minimum Gasteiger partial charge on any atom is -1.00 e. The lowest BCUT2D eigenvalue weighted by molar-refractivity contribution is -0.804. The van der Waals surface area contributed by atoms with E-state index in [9.17, 15) is 0 Å². The molecule has 0 fully saturated rings. The lowest BCUT2D eigenvalue weighted by atomic mass is 10.2. The van der Waals surface area contributed by atoms with E-state index in [0.29, 0.717) is 0 Å². The Labute approximate surface area is 92.5 Å². The van der Waals surface area contributed by atoms with Crippen LogP contribution in [0.4, 0.5) is 0 Å². The van der Waals surface area contributed by atoms with E-state index >= 15 is 0 Å². The summed E-state index contributed by atoms with van der Waals surface area (Å²) in [5, 5.41) is 0. The quantitative estimate of drug-likeness (QED) is 0.475. The Hall–Kier alpha value is -0.0800. The largest absolute Gasteiger partial charge is 1.00 e. The molecule has 0 aromatic rings. The summed E-state index contributed by atoms with van der Waals surface area (Å²) in [5.74, 6) is 0. The van der Waals surface area contributed by atoms with Gasteiger partial charge in [0.15, 0.2) is 0 Å². The van der Waals surface area contributed by atoms with Crippen LogP contribution in [0.1, 0.15) is 32.6 Å². The lowest BCUT2D eigenvalue weighted by Crippen LogP contribution is -3.00. The second-order valence-corrected chi connectivity index (χ2v) is 3.81. The fourth-order valence-electron chi connectivity index (χ4n) is 1.57. The van der Waals surface area contributed by atoms with Crippen molar-refractivity contribution in [3.05, 3.63) is 24.6 Å². The van der Waals surface area contributed by atoms with Gasteiger partial charge in [-0.15, -0.1) is 0 Å². The van der Waals surface area contributed by atoms with Crippen LogP contribution in [0.25, 0.3) is 0 Å². The van der Waals surface area contributed by atoms with Crippen LogP contribution in [0.3, 0.4) is 0 Å². The molecule has 0 aromatic heterocycles. The summed E-state index contributed by atoms with van der Waals surface area (Å²) in [6, 6.07) is 0. The molecule has 2 heteroatoms. The van der Waals surface area contributed by atoms with Crippen LogP contribution in [0, 0.1) is 0 Å². The molecule has 1 aliphatic heterocycles. The van der Waals surface area contributed by atoms with Gasteiger partial charge < -0.3 is 17.0 Å². The van der Waals surface area contributed by atoms with E-state index in [1.807, 2.05) is 0 Å². The molecular formula is C11H20BrN. The number of nitrogens with zero attached hydrogens (tertiary/aromatic N) is 1. The molecule has 1 heterocycles. The zero-order valence-corrected chi connectivity index (χ0v) is 10.3. The Morgan fingerprint density at radius 2 is 1.62 bits per heavy atom. The predicted molar refractivity (Wildman–Crippen MR) is 53.5 cm³/mol. The number of halogens is 1. The molecule has 0 amide bonds. The molecule has 0 aliphatic carbocycles. The third kappa shape index (κ3) is 4.63. The van der Waals surface area contributed by atoms with Gasteiger partial charge in [0.05, 0.1) is 13.6 Å². The van der Waals surface area contributed by atoms with E-state index in [-0.39, 0.29) is 17.0 Å². The fourth-order valence-corrected chi connectivity index (χ4v) is 1.57. The maximum absolute atomic E-state index is 2.26. The van der Waals surface area contributed by atoms with Crippen molar-refractivity contribution in [2.24, 2.45) is 0 Å². The molecule has 13 heavy (non-hydrogen) atoms. The third-order valence-electron chi connectivity index (χ3n) is 2.46. The normalized spacial score (nSPS) is 17.4. The van der Waals surface area contributed by atoms with E-state index in [0.717, 1.165) is 4.48 Å². The zero-order valence-electron chi connectivity index (χ0n) is 8.67. The van der Waals surface area contributed by atoms with Gasteiger partial charge in [0, 0.05) is 0 Å². The van der Waals surface area contributed by atoms with Crippen LogP contribution in [-0.4, -0.2) is 18.1 Å². The Balaban J connectivity index is 0.00000144. The van der Waals surface area contributed by atoms with Gasteiger partial charge in [-0.05, 0) is 25.0 Å². The maximum atomic E-state index is 2.26. The first kappa shape index (κ1) is 12.9. The van der Waals surface area contributed by atoms with Gasteiger partial charge in [0.2, 0.25) is 0 Å². The van der Waals surface area contributed by atoms with E-state index < -0.39 is 0 Å². The minimum atomic E-state index is 0. The number of hydrogen-bond acceptors (Lipinski definition) is 0. The van der Waals surface area contributed by atoms with Gasteiger partial charge in [-0.3, -0.25) is 4.48 Å². The number of rotatable bonds is 5. The van der Waals surface area contributed by atoms with Gasteiger partial charge in [0.1, 0.15) is 12.4 Å². The van der Waals surface area contributed by atoms with Gasteiger partial charge >= 0.3 is 0 Å². The Morgan fingerprint density at radius 1 is 1.00 bits per heavy atom. The molecule has 0 atom stereocenters. The highest BCUT2D eigenvalue weighted by Gasteiger charge is 2.16. The molecule has 0 saturated heterocycles. The zero-order chi connectivity index (χ0) is 8.86. The van der Waals surface area contributed by atoms with E-state index in [1.165, 1.54) is 32.2 Å². The summed E-state index contributed by atoms with van der Waals surface area (Å²) < 4.78 is 1.00. The number of hydrogen-bond donors (Lipinski definition) is 0. The molecule has 0 unspecified atom stereocenters. The molecule has 1 nitrogen and oxygen atoms in total. The maximum Gasteiger partial charge on any atom is 0.100 e. The van der Waals surface area contributed by atoms with Crippen molar-refractivity contribution in [1.82, 2.24) is 0 Å². The lowest BCUT2D eigenvalue weighted by Gasteiger charge is -2.22. The summed E-state index contributed by atoms with van der Waals surface area (Å²) in [4.78, 5) is 0. The monoisotopic (exact) mass is 245 g/mol. The molecule has 0 bridgehead atoms. The van der Waals surface area contributed by atoms with Gasteiger partial charge in [-0.25, -0.2) is 0 Å². The summed E-state index contributed by atoms with van der Waals surface area (Å²) >= 11 is 0. The van der Waals surface area contributed by atoms with Crippen molar-refractivity contribution >= 4 is 0 Å². The molecule has 0 spiro atoms. The average molecular weight is 246 g/mol. The molecule has 0 radical (unpaired) electrons. The Morgan fingerprint density at radius 3 is 2.15 bits per heavy atom. The highest BCUT2D eigenvalue weighted by molar-refractivity contribution is 5.03. The van der Waals surface area contributed by atoms with Crippen molar-refractivity contribution in [3.8, 4) is 0 Å². The molecule has 0 N–H and O–H groups in total. The van der Waals surface area contributed by atoms with E-state index in [2.05, 4.69) is 38.5 Å². The summed E-state index contributed by atoms with van der Waals surface area (Å²) in [6.07, 6.45) is 14.2. The highest BCUT2D eigenvalue weighted by Crippen LogP contribution is 2.14. The molecule has 0 saturated carbocycles. The first-order valence-corrected chi connectivity index (χ1v) is 4.99. The van der Waals surface area contributed by atoms with Crippen molar-refractivity contribution in [1.29, 1.82) is 0 Å². The minimum absolute atomic E-state index is 0. The smallest absolute Gasteiger partial charge is 0.100 e. The number of unbranched alkanes of at least 4 members (excludes halogenated alkanes) is 3. The van der Waals surface area contributed by atoms with E-state index in [4.69, 9.17) is 0 Å². The highest BCUT2D eigenvalue weighted by atomic mass is 79.9. The van der Waals surface area contributed by atoms with Crippen LogP contribution < -0.4 is 17.0 Å². The van der Waals surface area contributed by atoms with Gasteiger partial charge in [0.25, 0.3) is 0 Å². The predicted octanol–water partition coefficient (Wildman–Crippen LogP) is 0.0583. The first-order chi connectivity index (χ1) is 5.77. The van der Waals surface area contributed by atoms with Crippen LogP contribution in [0.2, 0.25) is 0 Å². The van der Waals surface area contributed by atoms with Gasteiger partial charge in [-0.2, -0.15) is 0 Å². The van der Waals surface area contributed by atoms with Crippen LogP contribution in [0.5, 0.6) is 0 Å². The topological polar surface area (TPSA) is 0 Å². The number of quaternary nitrogens is 1. The summed E-state index contributed by atoms with van der Waals surface area (Å²) in [7, 11) is 2.26. The first-order valence-electron chi connectivity index (χ1n) is 4.99. The second kappa shape index (κ2) is 6.39.